The van der Waals surface area contributed by atoms with Gasteiger partial charge in [0.05, 0.1) is 10.6 Å². The average molecular weight is 721 g/mol. The van der Waals surface area contributed by atoms with Crippen LogP contribution in [0.4, 0.5) is 34.9 Å². The molecule has 2 aliphatic rings. The number of nitrogens with zero attached hydrogens (tertiary/aromatic N) is 5. The Labute approximate surface area is 295 Å². The van der Waals surface area contributed by atoms with Gasteiger partial charge in [-0.05, 0) is 81.3 Å². The monoisotopic (exact) mass is 720 g/mol. The molecule has 2 aliphatic heterocycles. The Morgan fingerprint density at radius 1 is 0.812 bits per heavy atom. The van der Waals surface area contributed by atoms with E-state index in [4.69, 9.17) is 4.98 Å². The second-order valence-corrected chi connectivity index (χ2v) is 12.7. The van der Waals surface area contributed by atoms with Crippen molar-refractivity contribution in [3.8, 4) is 5.75 Å². The molecule has 2 aromatic carbocycles. The van der Waals surface area contributed by atoms with Gasteiger partial charge in [-0.25, -0.2) is 8.42 Å². The largest absolute Gasteiger partial charge is 0.506 e. The van der Waals surface area contributed by atoms with E-state index in [9.17, 15) is 18.3 Å². The van der Waals surface area contributed by atoms with E-state index in [2.05, 4.69) is 35.1 Å². The number of carbonyl (C=O) groups is 1. The Morgan fingerprint density at radius 2 is 1.33 bits per heavy atom. The predicted molar refractivity (Wildman–Crippen MR) is 205 cm³/mol. The summed E-state index contributed by atoms with van der Waals surface area (Å²) >= 11 is 0. The van der Waals surface area contributed by atoms with Crippen molar-refractivity contribution in [2.45, 2.75) is 69.6 Å². The van der Waals surface area contributed by atoms with Crippen LogP contribution in [0.1, 0.15) is 70.4 Å². The van der Waals surface area contributed by atoms with E-state index >= 15 is 0 Å². The van der Waals surface area contributed by atoms with Gasteiger partial charge in [0.1, 0.15) is 5.75 Å². The molecule has 0 unspecified atom stereocenters. The number of amides is 1. The highest BCUT2D eigenvalue weighted by atomic mass is 35.5. The number of sulfonamides is 1. The molecule has 48 heavy (non-hydrogen) atoms. The van der Waals surface area contributed by atoms with E-state index in [0.717, 1.165) is 64.7 Å². The van der Waals surface area contributed by atoms with E-state index in [0.29, 0.717) is 35.6 Å². The summed E-state index contributed by atoms with van der Waals surface area (Å²) in [6, 6.07) is 10.5. The van der Waals surface area contributed by atoms with Crippen LogP contribution in [-0.2, 0) is 14.8 Å². The van der Waals surface area contributed by atoms with E-state index in [1.54, 1.807) is 6.07 Å². The van der Waals surface area contributed by atoms with Gasteiger partial charge in [0.25, 0.3) is 10.0 Å². The Kier molecular flexibility index (Phi) is 18.7. The Morgan fingerprint density at radius 3 is 1.83 bits per heavy atom. The number of aromatic hydroxyl groups is 1. The lowest BCUT2D eigenvalue weighted by molar-refractivity contribution is -0.116. The van der Waals surface area contributed by atoms with Gasteiger partial charge in [-0.2, -0.15) is 15.0 Å². The van der Waals surface area contributed by atoms with Crippen LogP contribution in [0.15, 0.2) is 47.4 Å². The first-order valence-corrected chi connectivity index (χ1v) is 16.6. The fourth-order valence-corrected chi connectivity index (χ4v) is 6.26. The molecule has 0 atom stereocenters. The highest BCUT2D eigenvalue weighted by Crippen LogP contribution is 2.31. The highest BCUT2D eigenvalue weighted by Gasteiger charge is 2.21. The molecule has 0 spiro atoms. The molecular formula is C30H61ClN12O4S. The smallest absolute Gasteiger partial charge is 0.262 e. The molecule has 2 saturated heterocycles. The van der Waals surface area contributed by atoms with Crippen molar-refractivity contribution in [2.24, 2.45) is 0 Å². The maximum Gasteiger partial charge on any atom is 0.262 e. The number of aromatic nitrogens is 3. The van der Waals surface area contributed by atoms with Crippen molar-refractivity contribution in [2.75, 3.05) is 51.3 Å². The number of hydrogen-bond acceptors (Lipinski definition) is 14. The lowest BCUT2D eigenvalue weighted by atomic mass is 10.1. The lowest BCUT2D eigenvalue weighted by Gasteiger charge is -2.30. The van der Waals surface area contributed by atoms with Gasteiger partial charge in [-0.3, -0.25) is 9.52 Å². The summed E-state index contributed by atoms with van der Waals surface area (Å²) in [5.41, 5.74) is 1.05. The SMILES string of the molecule is CCCCC(=O)Nc1ccc(S(=O)(=O)Nc2ccc(Nc3nc(N4CCCCC4)nc(N4CCCCC4)n3)cc2O)cc1.Cl.N.N.N.N.[HH].[HH].[HH].[HH]. The van der Waals surface area contributed by atoms with Crippen LogP contribution in [-0.4, -0.2) is 60.6 Å². The number of piperidine rings is 2. The minimum Gasteiger partial charge on any atom is -0.506 e. The molecule has 0 radical (unpaired) electrons. The van der Waals surface area contributed by atoms with E-state index in [1.165, 1.54) is 49.2 Å². The molecule has 0 aliphatic carbocycles. The summed E-state index contributed by atoms with van der Waals surface area (Å²) in [6.45, 7) is 5.60. The zero-order chi connectivity index (χ0) is 30.2. The number of benzene rings is 2. The number of rotatable bonds is 11. The first-order valence-electron chi connectivity index (χ1n) is 15.1. The highest BCUT2D eigenvalue weighted by molar-refractivity contribution is 7.92. The van der Waals surface area contributed by atoms with E-state index in [-0.39, 0.29) is 65.0 Å². The lowest BCUT2D eigenvalue weighted by Crippen LogP contribution is -2.34. The van der Waals surface area contributed by atoms with Gasteiger partial charge in [0.2, 0.25) is 23.8 Å². The molecule has 5 rings (SSSR count). The van der Waals surface area contributed by atoms with E-state index in [1.807, 2.05) is 6.92 Å². The molecular weight excluding hydrogens is 660 g/mol. The standard InChI is InChI=1S/C30H40N8O4S.ClH.4H3N.4H2/c1-2-3-10-27(40)31-22-11-14-24(15-12-22)43(41,42)36-25-16-13-23(21-26(25)39)32-28-33-29(37-17-6-4-7-18-37)35-30(34-28)38-19-8-5-9-20-38;;;;;;;;;/h11-16,21,36,39H,2-10,17-20H2,1H3,(H,31,40)(H,32,33,34,35);1H;4*1H3;4*1H. The fraction of sp³-hybridized carbons (Fsp3) is 0.467. The summed E-state index contributed by atoms with van der Waals surface area (Å²) in [4.78, 5) is 30.5. The van der Waals surface area contributed by atoms with Crippen molar-refractivity contribution < 1.29 is 24.0 Å². The third-order valence-electron chi connectivity index (χ3n) is 7.59. The number of carbonyl (C=O) groups excluding carboxylic acids is 1. The molecule has 0 saturated carbocycles. The van der Waals surface area contributed by atoms with Crippen LogP contribution in [0, 0.1) is 0 Å². The summed E-state index contributed by atoms with van der Waals surface area (Å²) in [6.07, 6.45) is 8.89. The predicted octanol–water partition coefficient (Wildman–Crippen LogP) is 7.28. The van der Waals surface area contributed by atoms with Gasteiger partial charge in [-0.15, -0.1) is 12.4 Å². The van der Waals surface area contributed by atoms with Crippen molar-refractivity contribution in [3.05, 3.63) is 42.5 Å². The van der Waals surface area contributed by atoms with Crippen molar-refractivity contribution in [1.82, 2.24) is 39.6 Å². The molecule has 16 N–H and O–H groups in total. The topological polar surface area (TPSA) is 293 Å². The number of unbranched alkanes of at least 4 members (excludes halogenated alkanes) is 1. The van der Waals surface area contributed by atoms with Crippen LogP contribution in [0.3, 0.4) is 0 Å². The van der Waals surface area contributed by atoms with Gasteiger partial charge in [-0.1, -0.05) is 13.3 Å². The van der Waals surface area contributed by atoms with Crippen molar-refractivity contribution >= 4 is 63.2 Å². The second-order valence-electron chi connectivity index (χ2n) is 11.0. The number of phenolic OH excluding ortho intramolecular Hbond substituents is 1. The van der Waals surface area contributed by atoms with Gasteiger partial charge in [0, 0.05) is 55.7 Å². The number of nitrogens with one attached hydrogen (secondary N) is 3. The molecule has 0 bridgehead atoms. The molecule has 16 nitrogen and oxygen atoms in total. The summed E-state index contributed by atoms with van der Waals surface area (Å²) in [7, 11) is -3.99. The third kappa shape index (κ3) is 11.6. The number of hydrogen-bond donors (Lipinski definition) is 8. The third-order valence-corrected chi connectivity index (χ3v) is 8.97. The number of halogens is 1. The second kappa shape index (κ2) is 20.4. The number of anilines is 6. The number of phenols is 1. The Bertz CT molecular complexity index is 1500. The molecule has 18 heteroatoms. The minimum atomic E-state index is -3.99. The Hall–Kier alpha value is -4.00. The van der Waals surface area contributed by atoms with Gasteiger partial charge in [0.15, 0.2) is 0 Å². The quantitative estimate of drug-likeness (QED) is 0.0902. The zero-order valence-electron chi connectivity index (χ0n) is 27.8. The summed E-state index contributed by atoms with van der Waals surface area (Å²) in [5.74, 6) is 1.27. The molecule has 1 aromatic heterocycles. The van der Waals surface area contributed by atoms with Crippen molar-refractivity contribution in [1.29, 1.82) is 0 Å². The minimum absolute atomic E-state index is 0. The normalized spacial score (nSPS) is 14.0. The fourth-order valence-electron chi connectivity index (χ4n) is 5.19. The average Bonchev–Trinajstić information content (AvgIpc) is 3.02. The van der Waals surface area contributed by atoms with Crippen LogP contribution in [0.2, 0.25) is 0 Å². The molecule has 278 valence electrons. The van der Waals surface area contributed by atoms with Crippen LogP contribution in [0.5, 0.6) is 5.75 Å². The first kappa shape index (κ1) is 44.0. The van der Waals surface area contributed by atoms with Crippen molar-refractivity contribution in [3.63, 3.8) is 0 Å². The summed E-state index contributed by atoms with van der Waals surface area (Å²) in [5, 5.41) is 16.7. The molecule has 2 fully saturated rings. The van der Waals surface area contributed by atoms with Gasteiger partial charge < -0.3 is 50.1 Å². The molecule has 3 heterocycles. The molecule has 1 amide bonds. The van der Waals surface area contributed by atoms with E-state index < -0.39 is 10.0 Å². The Balaban J connectivity index is -0.000000818. The van der Waals surface area contributed by atoms with Crippen LogP contribution >= 0.6 is 12.4 Å². The first-order chi connectivity index (χ1) is 20.8. The maximum absolute atomic E-state index is 13.0. The maximum atomic E-state index is 13.0. The van der Waals surface area contributed by atoms with Crippen LogP contribution in [0.25, 0.3) is 0 Å². The van der Waals surface area contributed by atoms with Gasteiger partial charge >= 0.3 is 0 Å². The molecule has 3 aromatic rings. The summed E-state index contributed by atoms with van der Waals surface area (Å²) < 4.78 is 28.5. The van der Waals surface area contributed by atoms with Crippen LogP contribution < -0.4 is 49.8 Å². The zero-order valence-corrected chi connectivity index (χ0v) is 29.4.